The molecule has 0 atom stereocenters. The first-order valence-corrected chi connectivity index (χ1v) is 8.52. The lowest BCUT2D eigenvalue weighted by Gasteiger charge is -2.22. The van der Waals surface area contributed by atoms with E-state index < -0.39 is 0 Å². The third-order valence-corrected chi connectivity index (χ3v) is 3.63. The molecule has 0 spiro atoms. The summed E-state index contributed by atoms with van der Waals surface area (Å²) in [6.45, 7) is 6.13. The largest absolute Gasteiger partial charge is 0.493 e. The molecule has 25 heavy (non-hydrogen) atoms. The second-order valence-corrected chi connectivity index (χ2v) is 5.48. The van der Waals surface area contributed by atoms with E-state index in [2.05, 4.69) is 15.6 Å². The zero-order valence-corrected chi connectivity index (χ0v) is 15.9. The van der Waals surface area contributed by atoms with Gasteiger partial charge in [-0.25, -0.2) is 4.99 Å². The number of carbonyl (C=O) groups excluding carboxylic acids is 1. The number of ether oxygens (including phenoxy) is 2. The van der Waals surface area contributed by atoms with Crippen molar-refractivity contribution in [2.45, 2.75) is 20.3 Å². The molecule has 140 valence electrons. The summed E-state index contributed by atoms with van der Waals surface area (Å²) in [5, 5.41) is 5.95. The molecule has 1 rings (SSSR count). The molecule has 2 N–H and O–H groups in total. The van der Waals surface area contributed by atoms with Gasteiger partial charge in [0.1, 0.15) is 6.54 Å². The second-order valence-electron chi connectivity index (χ2n) is 5.48. The molecule has 0 fully saturated rings. The molecule has 0 unspecified atom stereocenters. The molecule has 1 amide bonds. The first kappa shape index (κ1) is 20.6. The zero-order chi connectivity index (χ0) is 18.7. The smallest absolute Gasteiger partial charge is 0.241 e. The Bertz CT molecular complexity index is 575. The predicted molar refractivity (Wildman–Crippen MR) is 101 cm³/mol. The lowest BCUT2D eigenvalue weighted by Crippen LogP contribution is -2.40. The van der Waals surface area contributed by atoms with E-state index in [9.17, 15) is 4.79 Å². The van der Waals surface area contributed by atoms with E-state index in [-0.39, 0.29) is 12.5 Å². The van der Waals surface area contributed by atoms with E-state index in [0.717, 1.165) is 36.6 Å². The lowest BCUT2D eigenvalue weighted by molar-refractivity contribution is -0.119. The molecule has 0 aliphatic rings. The highest BCUT2D eigenvalue weighted by molar-refractivity contribution is 5.84. The van der Waals surface area contributed by atoms with Gasteiger partial charge in [-0.3, -0.25) is 4.79 Å². The van der Waals surface area contributed by atoms with Crippen molar-refractivity contribution in [1.82, 2.24) is 15.5 Å². The average Bonchev–Trinajstić information content (AvgIpc) is 2.63. The summed E-state index contributed by atoms with van der Waals surface area (Å²) in [5.41, 5.74) is 1.14. The Hall–Kier alpha value is -2.44. The molecule has 7 heteroatoms. The molecule has 1 aromatic rings. The van der Waals surface area contributed by atoms with E-state index in [4.69, 9.17) is 9.47 Å². The van der Waals surface area contributed by atoms with Crippen LogP contribution in [-0.2, 0) is 11.2 Å². The summed E-state index contributed by atoms with van der Waals surface area (Å²) in [6, 6.07) is 5.90. The van der Waals surface area contributed by atoms with Crippen LogP contribution in [0, 0.1) is 0 Å². The van der Waals surface area contributed by atoms with Crippen molar-refractivity contribution in [2.24, 2.45) is 4.99 Å². The standard InChI is InChI=1S/C18H30N4O3/c1-6-19-17(23)13-21-18(20-7-2)22(3)11-10-14-8-9-15(24-4)16(12-14)25-5/h8-9,12H,6-7,10-11,13H2,1-5H3,(H,19,23)(H,20,21). The Morgan fingerprint density at radius 2 is 1.80 bits per heavy atom. The molecule has 7 nitrogen and oxygen atoms in total. The maximum atomic E-state index is 11.6. The van der Waals surface area contributed by atoms with Crippen molar-refractivity contribution in [3.8, 4) is 11.5 Å². The fourth-order valence-electron chi connectivity index (χ4n) is 2.31. The molecule has 0 saturated heterocycles. The molecule has 0 bridgehead atoms. The number of rotatable bonds is 9. The molecule has 0 aliphatic carbocycles. The van der Waals surface area contributed by atoms with Crippen molar-refractivity contribution in [3.63, 3.8) is 0 Å². The van der Waals surface area contributed by atoms with Crippen LogP contribution in [0.15, 0.2) is 23.2 Å². The highest BCUT2D eigenvalue weighted by Crippen LogP contribution is 2.27. The van der Waals surface area contributed by atoms with Crippen LogP contribution in [0.5, 0.6) is 11.5 Å². The van der Waals surface area contributed by atoms with Gasteiger partial charge in [0.2, 0.25) is 5.91 Å². The minimum absolute atomic E-state index is 0.0776. The molecule has 0 saturated carbocycles. The van der Waals surface area contributed by atoms with Gasteiger partial charge in [0, 0.05) is 26.7 Å². The van der Waals surface area contributed by atoms with E-state index >= 15 is 0 Å². The number of nitrogens with zero attached hydrogens (tertiary/aromatic N) is 2. The van der Waals surface area contributed by atoms with E-state index in [1.54, 1.807) is 14.2 Å². The van der Waals surface area contributed by atoms with Crippen molar-refractivity contribution < 1.29 is 14.3 Å². The first-order chi connectivity index (χ1) is 12.0. The molecule has 0 radical (unpaired) electrons. The lowest BCUT2D eigenvalue weighted by atomic mass is 10.1. The number of hydrogen-bond acceptors (Lipinski definition) is 4. The molecular formula is C18H30N4O3. The Morgan fingerprint density at radius 3 is 2.40 bits per heavy atom. The van der Waals surface area contributed by atoms with Crippen LogP contribution < -0.4 is 20.1 Å². The molecule has 0 aliphatic heterocycles. The first-order valence-electron chi connectivity index (χ1n) is 8.52. The Morgan fingerprint density at radius 1 is 1.12 bits per heavy atom. The van der Waals surface area contributed by atoms with Crippen molar-refractivity contribution >= 4 is 11.9 Å². The van der Waals surface area contributed by atoms with Gasteiger partial charge in [-0.2, -0.15) is 0 Å². The van der Waals surface area contributed by atoms with E-state index in [1.807, 2.05) is 44.0 Å². The maximum absolute atomic E-state index is 11.6. The normalized spacial score (nSPS) is 11.0. The number of aliphatic imine (C=N–C) groups is 1. The van der Waals surface area contributed by atoms with Crippen LogP contribution in [0.2, 0.25) is 0 Å². The summed E-state index contributed by atoms with van der Waals surface area (Å²) < 4.78 is 10.6. The summed E-state index contributed by atoms with van der Waals surface area (Å²) in [5.74, 6) is 2.08. The molecule has 1 aromatic carbocycles. The van der Waals surface area contributed by atoms with Crippen LogP contribution in [-0.4, -0.2) is 64.2 Å². The van der Waals surface area contributed by atoms with Gasteiger partial charge in [0.25, 0.3) is 0 Å². The fraction of sp³-hybridized carbons (Fsp3) is 0.556. The highest BCUT2D eigenvalue weighted by atomic mass is 16.5. The molecular weight excluding hydrogens is 320 g/mol. The molecule has 0 aromatic heterocycles. The Labute approximate surface area is 150 Å². The van der Waals surface area contributed by atoms with Crippen molar-refractivity contribution in [1.29, 1.82) is 0 Å². The Balaban J connectivity index is 2.69. The Kier molecular flexibility index (Phi) is 9.21. The number of benzene rings is 1. The number of guanidine groups is 1. The number of hydrogen-bond donors (Lipinski definition) is 2. The predicted octanol–water partition coefficient (Wildman–Crippen LogP) is 1.28. The van der Waals surface area contributed by atoms with Crippen molar-refractivity contribution in [3.05, 3.63) is 23.8 Å². The summed E-state index contributed by atoms with van der Waals surface area (Å²) in [4.78, 5) is 18.0. The van der Waals surface area contributed by atoms with Gasteiger partial charge in [-0.15, -0.1) is 0 Å². The number of carbonyl (C=O) groups is 1. The third-order valence-electron chi connectivity index (χ3n) is 3.63. The minimum Gasteiger partial charge on any atom is -0.493 e. The van der Waals surface area contributed by atoms with Gasteiger partial charge < -0.3 is 25.0 Å². The molecule has 0 heterocycles. The quantitative estimate of drug-likeness (QED) is 0.518. The van der Waals surface area contributed by atoms with Crippen molar-refractivity contribution in [2.75, 3.05) is 47.4 Å². The van der Waals surface area contributed by atoms with E-state index in [0.29, 0.717) is 12.5 Å². The van der Waals surface area contributed by atoms with Gasteiger partial charge >= 0.3 is 0 Å². The minimum atomic E-state index is -0.0776. The van der Waals surface area contributed by atoms with Gasteiger partial charge in [-0.05, 0) is 38.0 Å². The van der Waals surface area contributed by atoms with E-state index in [1.165, 1.54) is 0 Å². The third kappa shape index (κ3) is 6.91. The van der Waals surface area contributed by atoms with Gasteiger partial charge in [0.15, 0.2) is 17.5 Å². The van der Waals surface area contributed by atoms with Crippen LogP contribution in [0.1, 0.15) is 19.4 Å². The van der Waals surface area contributed by atoms with Gasteiger partial charge in [-0.1, -0.05) is 6.07 Å². The zero-order valence-electron chi connectivity index (χ0n) is 15.9. The second kappa shape index (κ2) is 11.2. The SMILES string of the molecule is CCNC(=O)CN=C(NCC)N(C)CCc1ccc(OC)c(OC)c1. The topological polar surface area (TPSA) is 75.2 Å². The number of amides is 1. The van der Waals surface area contributed by atoms with Gasteiger partial charge in [0.05, 0.1) is 14.2 Å². The highest BCUT2D eigenvalue weighted by Gasteiger charge is 2.09. The van der Waals surface area contributed by atoms with Crippen LogP contribution >= 0.6 is 0 Å². The maximum Gasteiger partial charge on any atom is 0.241 e. The number of likely N-dealkylation sites (N-methyl/N-ethyl adjacent to an activating group) is 2. The van der Waals surface area contributed by atoms with Crippen LogP contribution in [0.25, 0.3) is 0 Å². The monoisotopic (exact) mass is 350 g/mol. The van der Waals surface area contributed by atoms with Crippen LogP contribution in [0.4, 0.5) is 0 Å². The average molecular weight is 350 g/mol. The number of nitrogens with one attached hydrogen (secondary N) is 2. The summed E-state index contributed by atoms with van der Waals surface area (Å²) >= 11 is 0. The fourth-order valence-corrected chi connectivity index (χ4v) is 2.31. The number of methoxy groups -OCH3 is 2. The van der Waals surface area contributed by atoms with Crippen LogP contribution in [0.3, 0.4) is 0 Å². The summed E-state index contributed by atoms with van der Waals surface area (Å²) in [7, 11) is 5.21. The summed E-state index contributed by atoms with van der Waals surface area (Å²) in [6.07, 6.45) is 0.822.